The topological polar surface area (TPSA) is 69.6 Å². The van der Waals surface area contributed by atoms with Gasteiger partial charge in [-0.25, -0.2) is 4.79 Å². The average Bonchev–Trinajstić information content (AvgIpc) is 2.96. The second kappa shape index (κ2) is 4.55. The zero-order chi connectivity index (χ0) is 12.5. The predicted molar refractivity (Wildman–Crippen MR) is 62.7 cm³/mol. The molecule has 1 unspecified atom stereocenters. The van der Waals surface area contributed by atoms with Crippen LogP contribution in [-0.4, -0.2) is 41.1 Å². The van der Waals surface area contributed by atoms with E-state index in [4.69, 9.17) is 5.11 Å². The lowest BCUT2D eigenvalue weighted by atomic mass is 10.1. The van der Waals surface area contributed by atoms with Gasteiger partial charge >= 0.3 is 12.0 Å². The first-order chi connectivity index (χ1) is 8.09. The molecule has 0 spiro atoms. The van der Waals surface area contributed by atoms with Gasteiger partial charge in [0.15, 0.2) is 0 Å². The van der Waals surface area contributed by atoms with Crippen molar-refractivity contribution < 1.29 is 14.7 Å². The highest BCUT2D eigenvalue weighted by atomic mass is 16.4. The molecule has 5 nitrogen and oxygen atoms in total. The minimum atomic E-state index is -0.786. The third-order valence-corrected chi connectivity index (χ3v) is 3.99. The van der Waals surface area contributed by atoms with Crippen molar-refractivity contribution in [1.82, 2.24) is 10.2 Å². The number of carboxylic acids is 1. The van der Waals surface area contributed by atoms with Gasteiger partial charge in [0.1, 0.15) is 0 Å². The first-order valence-electron chi connectivity index (χ1n) is 6.37. The molecule has 2 N–H and O–H groups in total. The highest BCUT2D eigenvalue weighted by Gasteiger charge is 2.50. The van der Waals surface area contributed by atoms with Gasteiger partial charge in [0.25, 0.3) is 0 Å². The molecule has 2 aliphatic rings. The Labute approximate surface area is 101 Å². The Morgan fingerprint density at radius 1 is 1.47 bits per heavy atom. The fourth-order valence-corrected chi connectivity index (χ4v) is 2.49. The number of urea groups is 1. The molecule has 0 aromatic carbocycles. The zero-order valence-corrected chi connectivity index (χ0v) is 10.2. The first kappa shape index (κ1) is 12.2. The van der Waals surface area contributed by atoms with Crippen molar-refractivity contribution in [3.05, 3.63) is 0 Å². The van der Waals surface area contributed by atoms with Crippen LogP contribution < -0.4 is 5.32 Å². The summed E-state index contributed by atoms with van der Waals surface area (Å²) in [6.07, 6.45) is 4.45. The van der Waals surface area contributed by atoms with Crippen molar-refractivity contribution in [3.63, 3.8) is 0 Å². The predicted octanol–water partition coefficient (Wildman–Crippen LogP) is 1.44. The van der Waals surface area contributed by atoms with Crippen LogP contribution in [-0.2, 0) is 4.79 Å². The van der Waals surface area contributed by atoms with Crippen molar-refractivity contribution >= 4 is 12.0 Å². The minimum absolute atomic E-state index is 0.0955. The molecule has 0 aromatic rings. The van der Waals surface area contributed by atoms with Crippen molar-refractivity contribution in [2.75, 3.05) is 13.1 Å². The van der Waals surface area contributed by atoms with Gasteiger partial charge in [0, 0.05) is 19.1 Å². The molecule has 2 fully saturated rings. The van der Waals surface area contributed by atoms with Gasteiger partial charge in [-0.15, -0.1) is 0 Å². The molecule has 96 valence electrons. The quantitative estimate of drug-likeness (QED) is 0.781. The summed E-state index contributed by atoms with van der Waals surface area (Å²) in [5.41, 5.74) is -0.670. The van der Waals surface area contributed by atoms with Crippen LogP contribution in [0.4, 0.5) is 4.79 Å². The molecule has 5 heteroatoms. The van der Waals surface area contributed by atoms with E-state index in [9.17, 15) is 9.59 Å². The molecular weight excluding hydrogens is 220 g/mol. The highest BCUT2D eigenvalue weighted by molar-refractivity contribution is 5.80. The van der Waals surface area contributed by atoms with Gasteiger partial charge in [-0.2, -0.15) is 0 Å². The summed E-state index contributed by atoms with van der Waals surface area (Å²) >= 11 is 0. The Hall–Kier alpha value is -1.26. The molecule has 2 amide bonds. The normalized spacial score (nSPS) is 25.7. The largest absolute Gasteiger partial charge is 0.481 e. The number of hydrogen-bond acceptors (Lipinski definition) is 2. The molecule has 1 aliphatic heterocycles. The second-order valence-corrected chi connectivity index (χ2v) is 5.14. The molecule has 2 rings (SSSR count). The van der Waals surface area contributed by atoms with Crippen LogP contribution in [0.15, 0.2) is 0 Å². The van der Waals surface area contributed by atoms with E-state index >= 15 is 0 Å². The molecule has 17 heavy (non-hydrogen) atoms. The lowest BCUT2D eigenvalue weighted by Crippen LogP contribution is -2.45. The van der Waals surface area contributed by atoms with E-state index in [1.165, 1.54) is 0 Å². The number of carbonyl (C=O) groups is 2. The summed E-state index contributed by atoms with van der Waals surface area (Å²) in [4.78, 5) is 24.8. The summed E-state index contributed by atoms with van der Waals surface area (Å²) in [7, 11) is 0. The molecule has 1 aliphatic carbocycles. The number of likely N-dealkylation sites (tertiary alicyclic amines) is 1. The maximum atomic E-state index is 11.9. The molecule has 0 bridgehead atoms. The van der Waals surface area contributed by atoms with Crippen LogP contribution >= 0.6 is 0 Å². The smallest absolute Gasteiger partial charge is 0.317 e. The summed E-state index contributed by atoms with van der Waals surface area (Å²) in [5, 5.41) is 11.8. The number of hydrogen-bond donors (Lipinski definition) is 2. The van der Waals surface area contributed by atoms with Gasteiger partial charge in [0.05, 0.1) is 5.41 Å². The lowest BCUT2D eigenvalue weighted by Gasteiger charge is -2.24. The Balaban J connectivity index is 1.83. The molecule has 0 radical (unpaired) electrons. The Morgan fingerprint density at radius 2 is 2.18 bits per heavy atom. The number of amides is 2. The maximum Gasteiger partial charge on any atom is 0.317 e. The van der Waals surface area contributed by atoms with Crippen molar-refractivity contribution in [1.29, 1.82) is 0 Å². The Bertz CT molecular complexity index is 326. The summed E-state index contributed by atoms with van der Waals surface area (Å²) in [6.45, 7) is 3.15. The van der Waals surface area contributed by atoms with Crippen LogP contribution in [0, 0.1) is 5.41 Å². The fraction of sp³-hybridized carbons (Fsp3) is 0.833. The van der Waals surface area contributed by atoms with Crippen LogP contribution in [0.1, 0.15) is 39.0 Å². The average molecular weight is 240 g/mol. The maximum absolute atomic E-state index is 11.9. The number of rotatable bonds is 4. The highest BCUT2D eigenvalue weighted by Crippen LogP contribution is 2.45. The zero-order valence-electron chi connectivity index (χ0n) is 10.2. The lowest BCUT2D eigenvalue weighted by molar-refractivity contribution is -0.143. The van der Waals surface area contributed by atoms with Crippen LogP contribution in [0.3, 0.4) is 0 Å². The van der Waals surface area contributed by atoms with E-state index in [0.29, 0.717) is 18.9 Å². The van der Waals surface area contributed by atoms with Gasteiger partial charge in [-0.1, -0.05) is 6.92 Å². The van der Waals surface area contributed by atoms with Gasteiger partial charge < -0.3 is 15.3 Å². The number of carboxylic acid groups (broad SMARTS) is 1. The monoisotopic (exact) mass is 240 g/mol. The molecule has 1 atom stereocenters. The van der Waals surface area contributed by atoms with E-state index in [1.807, 2.05) is 4.90 Å². The summed E-state index contributed by atoms with van der Waals surface area (Å²) < 4.78 is 0. The van der Waals surface area contributed by atoms with E-state index in [0.717, 1.165) is 25.8 Å². The van der Waals surface area contributed by atoms with Crippen molar-refractivity contribution in [2.45, 2.75) is 45.1 Å². The minimum Gasteiger partial charge on any atom is -0.481 e. The fourth-order valence-electron chi connectivity index (χ4n) is 2.49. The first-order valence-corrected chi connectivity index (χ1v) is 6.37. The van der Waals surface area contributed by atoms with E-state index < -0.39 is 11.4 Å². The van der Waals surface area contributed by atoms with E-state index in [2.05, 4.69) is 12.2 Å². The van der Waals surface area contributed by atoms with Gasteiger partial charge in [0.2, 0.25) is 0 Å². The van der Waals surface area contributed by atoms with Crippen LogP contribution in [0.25, 0.3) is 0 Å². The molecule has 0 aromatic heterocycles. The molecule has 1 heterocycles. The standard InChI is InChI=1S/C12H20N2O3/c1-2-9-4-3-7-14(9)11(17)13-8-12(5-6-12)10(15)16/h9H,2-8H2,1H3,(H,13,17)(H,15,16). The Morgan fingerprint density at radius 3 is 2.71 bits per heavy atom. The van der Waals surface area contributed by atoms with E-state index in [-0.39, 0.29) is 12.6 Å². The molecule has 1 saturated heterocycles. The Kier molecular flexibility index (Phi) is 3.26. The molecule has 1 saturated carbocycles. The van der Waals surface area contributed by atoms with Gasteiger partial charge in [-0.05, 0) is 32.1 Å². The summed E-state index contributed by atoms with van der Waals surface area (Å²) in [5.74, 6) is -0.786. The number of nitrogens with one attached hydrogen (secondary N) is 1. The summed E-state index contributed by atoms with van der Waals surface area (Å²) in [6, 6.07) is 0.233. The number of aliphatic carboxylic acids is 1. The third-order valence-electron chi connectivity index (χ3n) is 3.99. The van der Waals surface area contributed by atoms with Crippen molar-refractivity contribution in [3.8, 4) is 0 Å². The number of nitrogens with zero attached hydrogens (tertiary/aromatic N) is 1. The number of carbonyl (C=O) groups excluding carboxylic acids is 1. The third kappa shape index (κ3) is 2.37. The van der Waals surface area contributed by atoms with Crippen LogP contribution in [0.2, 0.25) is 0 Å². The van der Waals surface area contributed by atoms with Gasteiger partial charge in [-0.3, -0.25) is 4.79 Å². The SMILES string of the molecule is CCC1CCCN1C(=O)NCC1(C(=O)O)CC1. The van der Waals surface area contributed by atoms with Crippen LogP contribution in [0.5, 0.6) is 0 Å². The second-order valence-electron chi connectivity index (χ2n) is 5.14. The van der Waals surface area contributed by atoms with E-state index in [1.54, 1.807) is 0 Å². The molecular formula is C12H20N2O3. The van der Waals surface area contributed by atoms with Crippen molar-refractivity contribution in [2.24, 2.45) is 5.41 Å².